The largest absolute Gasteiger partial charge is 0.394 e. The summed E-state index contributed by atoms with van der Waals surface area (Å²) in [5.41, 5.74) is 0. The Morgan fingerprint density at radius 3 is 2.31 bits per heavy atom. The highest BCUT2D eigenvalue weighted by Gasteiger charge is 1.97. The summed E-state index contributed by atoms with van der Waals surface area (Å²) in [5.74, 6) is 0. The van der Waals surface area contributed by atoms with Crippen LogP contribution >= 0.6 is 0 Å². The van der Waals surface area contributed by atoms with Crippen molar-refractivity contribution in [2.24, 2.45) is 0 Å². The van der Waals surface area contributed by atoms with E-state index in [9.17, 15) is 0 Å². The van der Waals surface area contributed by atoms with Gasteiger partial charge >= 0.3 is 0 Å². The van der Waals surface area contributed by atoms with Crippen LogP contribution in [-0.2, 0) is 4.74 Å². The molecule has 0 saturated heterocycles. The summed E-state index contributed by atoms with van der Waals surface area (Å²) in [6, 6.07) is 0. The maximum Gasteiger partial charge on any atom is 0.0777 e. The lowest BCUT2D eigenvalue weighted by Gasteiger charge is -2.09. The Bertz CT molecular complexity index is 94.1. The van der Waals surface area contributed by atoms with Gasteiger partial charge in [-0.2, -0.15) is 0 Å². The van der Waals surface area contributed by atoms with Crippen LogP contribution in [0.25, 0.3) is 0 Å². The third kappa shape index (κ3) is 9.84. The van der Waals surface area contributed by atoms with E-state index in [1.54, 1.807) is 0 Å². The lowest BCUT2D eigenvalue weighted by Crippen LogP contribution is -2.13. The van der Waals surface area contributed by atoms with Crippen molar-refractivity contribution in [2.45, 2.75) is 58.5 Å². The molecule has 0 unspecified atom stereocenters. The van der Waals surface area contributed by atoms with Gasteiger partial charge in [0, 0.05) is 6.61 Å². The summed E-state index contributed by atoms with van der Waals surface area (Å²) >= 11 is 0. The molecule has 0 bridgehead atoms. The van der Waals surface area contributed by atoms with E-state index in [1.165, 1.54) is 32.1 Å². The first kappa shape index (κ1) is 12.9. The Labute approximate surface area is 82.3 Å². The fourth-order valence-corrected chi connectivity index (χ4v) is 1.22. The summed E-state index contributed by atoms with van der Waals surface area (Å²) in [4.78, 5) is 0. The van der Waals surface area contributed by atoms with Crippen molar-refractivity contribution >= 4 is 0 Å². The molecule has 0 heterocycles. The second kappa shape index (κ2) is 10.0. The van der Waals surface area contributed by atoms with Crippen molar-refractivity contribution in [3.8, 4) is 0 Å². The van der Waals surface area contributed by atoms with Gasteiger partial charge in [-0.25, -0.2) is 0 Å². The van der Waals surface area contributed by atoms with E-state index >= 15 is 0 Å². The Balaban J connectivity index is 2.91. The van der Waals surface area contributed by atoms with Crippen LogP contribution in [-0.4, -0.2) is 24.4 Å². The zero-order chi connectivity index (χ0) is 9.94. The van der Waals surface area contributed by atoms with E-state index in [2.05, 4.69) is 6.92 Å². The van der Waals surface area contributed by atoms with Gasteiger partial charge in [0.2, 0.25) is 0 Å². The second-order valence-corrected chi connectivity index (χ2v) is 3.63. The predicted molar refractivity (Wildman–Crippen MR) is 55.9 cm³/mol. The molecular weight excluding hydrogens is 164 g/mol. The molecule has 0 aliphatic carbocycles. The van der Waals surface area contributed by atoms with Crippen LogP contribution in [0, 0.1) is 0 Å². The van der Waals surface area contributed by atoms with Crippen LogP contribution in [0.15, 0.2) is 0 Å². The van der Waals surface area contributed by atoms with Gasteiger partial charge < -0.3 is 9.84 Å². The summed E-state index contributed by atoms with van der Waals surface area (Å²) in [6.07, 6.45) is 7.74. The highest BCUT2D eigenvalue weighted by atomic mass is 16.5. The van der Waals surface area contributed by atoms with E-state index < -0.39 is 0 Å². The molecule has 0 aromatic rings. The number of hydrogen-bond acceptors (Lipinski definition) is 2. The number of rotatable bonds is 9. The van der Waals surface area contributed by atoms with Crippen LogP contribution in [0.4, 0.5) is 0 Å². The van der Waals surface area contributed by atoms with Gasteiger partial charge in [0.1, 0.15) is 0 Å². The minimum Gasteiger partial charge on any atom is -0.394 e. The Kier molecular flexibility index (Phi) is 9.94. The van der Waals surface area contributed by atoms with Gasteiger partial charge in [-0.15, -0.1) is 0 Å². The first-order chi connectivity index (χ1) is 6.31. The number of aliphatic hydroxyl groups is 1. The molecule has 0 spiro atoms. The SMILES string of the molecule is CCCCCCCCO[C@H](C)CO. The molecule has 0 fully saturated rings. The Morgan fingerprint density at radius 1 is 1.08 bits per heavy atom. The van der Waals surface area contributed by atoms with Crippen molar-refractivity contribution in [2.75, 3.05) is 13.2 Å². The average molecular weight is 188 g/mol. The van der Waals surface area contributed by atoms with Crippen LogP contribution in [0.1, 0.15) is 52.4 Å². The number of hydrogen-bond donors (Lipinski definition) is 1. The van der Waals surface area contributed by atoms with Crippen molar-refractivity contribution in [3.63, 3.8) is 0 Å². The van der Waals surface area contributed by atoms with Gasteiger partial charge in [-0.3, -0.25) is 0 Å². The van der Waals surface area contributed by atoms with Gasteiger partial charge in [-0.05, 0) is 13.3 Å². The van der Waals surface area contributed by atoms with Gasteiger partial charge in [0.15, 0.2) is 0 Å². The maximum atomic E-state index is 8.68. The minimum absolute atomic E-state index is 0.00985. The monoisotopic (exact) mass is 188 g/mol. The van der Waals surface area contributed by atoms with E-state index in [4.69, 9.17) is 9.84 Å². The number of ether oxygens (including phenoxy) is 1. The molecule has 0 aromatic heterocycles. The molecule has 0 aliphatic heterocycles. The molecule has 0 saturated carbocycles. The summed E-state index contributed by atoms with van der Waals surface area (Å²) < 4.78 is 5.35. The number of aliphatic hydroxyl groups excluding tert-OH is 1. The van der Waals surface area contributed by atoms with Crippen molar-refractivity contribution in [1.29, 1.82) is 0 Å². The molecule has 80 valence electrons. The first-order valence-electron chi connectivity index (χ1n) is 5.53. The molecular formula is C11H24O2. The molecule has 2 nitrogen and oxygen atoms in total. The zero-order valence-corrected chi connectivity index (χ0v) is 9.09. The van der Waals surface area contributed by atoms with Crippen LogP contribution in [0.3, 0.4) is 0 Å². The molecule has 0 aromatic carbocycles. The van der Waals surface area contributed by atoms with E-state index in [0.29, 0.717) is 0 Å². The average Bonchev–Trinajstić information content (AvgIpc) is 2.16. The Morgan fingerprint density at radius 2 is 1.69 bits per heavy atom. The second-order valence-electron chi connectivity index (χ2n) is 3.63. The van der Waals surface area contributed by atoms with Crippen LogP contribution in [0.2, 0.25) is 0 Å². The summed E-state index contributed by atoms with van der Waals surface area (Å²) in [6.45, 7) is 5.06. The third-order valence-electron chi connectivity index (χ3n) is 2.16. The highest BCUT2D eigenvalue weighted by molar-refractivity contribution is 4.47. The molecule has 0 radical (unpaired) electrons. The predicted octanol–water partition coefficient (Wildman–Crippen LogP) is 2.74. The summed E-state index contributed by atoms with van der Waals surface area (Å²) in [7, 11) is 0. The molecule has 0 aliphatic rings. The van der Waals surface area contributed by atoms with Crippen LogP contribution < -0.4 is 0 Å². The fraction of sp³-hybridized carbons (Fsp3) is 1.00. The molecule has 13 heavy (non-hydrogen) atoms. The Hall–Kier alpha value is -0.0800. The first-order valence-corrected chi connectivity index (χ1v) is 5.53. The lowest BCUT2D eigenvalue weighted by molar-refractivity contribution is 0.0231. The van der Waals surface area contributed by atoms with Crippen molar-refractivity contribution in [3.05, 3.63) is 0 Å². The molecule has 1 N–H and O–H groups in total. The number of unbranched alkanes of at least 4 members (excludes halogenated alkanes) is 5. The minimum atomic E-state index is 0.00985. The van der Waals surface area contributed by atoms with Gasteiger partial charge in [0.25, 0.3) is 0 Å². The van der Waals surface area contributed by atoms with E-state index in [-0.39, 0.29) is 12.7 Å². The fourth-order valence-electron chi connectivity index (χ4n) is 1.22. The third-order valence-corrected chi connectivity index (χ3v) is 2.16. The molecule has 0 rings (SSSR count). The topological polar surface area (TPSA) is 29.5 Å². The quantitative estimate of drug-likeness (QED) is 0.564. The molecule has 2 heteroatoms. The van der Waals surface area contributed by atoms with Gasteiger partial charge in [-0.1, -0.05) is 39.0 Å². The standard InChI is InChI=1S/C11H24O2/c1-3-4-5-6-7-8-9-13-11(2)10-12/h11-12H,3-10H2,1-2H3/t11-/m1/s1. The zero-order valence-electron chi connectivity index (χ0n) is 9.09. The normalized spacial score (nSPS) is 13.2. The molecule has 1 atom stereocenters. The van der Waals surface area contributed by atoms with Crippen molar-refractivity contribution < 1.29 is 9.84 Å². The van der Waals surface area contributed by atoms with Gasteiger partial charge in [0.05, 0.1) is 12.7 Å². The molecule has 0 amide bonds. The summed E-state index contributed by atoms with van der Waals surface area (Å²) in [5, 5.41) is 8.68. The smallest absolute Gasteiger partial charge is 0.0777 e. The van der Waals surface area contributed by atoms with E-state index in [0.717, 1.165) is 13.0 Å². The highest BCUT2D eigenvalue weighted by Crippen LogP contribution is 2.05. The van der Waals surface area contributed by atoms with E-state index in [1.807, 2.05) is 6.92 Å². The van der Waals surface area contributed by atoms with Crippen LogP contribution in [0.5, 0.6) is 0 Å². The maximum absolute atomic E-state index is 8.68. The van der Waals surface area contributed by atoms with Crippen molar-refractivity contribution in [1.82, 2.24) is 0 Å². The lowest BCUT2D eigenvalue weighted by atomic mass is 10.1.